The molecule has 8 heteroatoms. The van der Waals surface area contributed by atoms with Crippen LogP contribution in [-0.4, -0.2) is 45.6 Å². The molecule has 8 nitrogen and oxygen atoms in total. The van der Waals surface area contributed by atoms with E-state index in [1.807, 2.05) is 13.8 Å². The highest BCUT2D eigenvalue weighted by atomic mass is 16.5. The lowest BCUT2D eigenvalue weighted by molar-refractivity contribution is -0.0249. The van der Waals surface area contributed by atoms with Crippen LogP contribution in [0.5, 0.6) is 0 Å². The third kappa shape index (κ3) is 3.48. The topological polar surface area (TPSA) is 101 Å². The van der Waals surface area contributed by atoms with Gasteiger partial charge in [-0.05, 0) is 19.8 Å². The van der Waals surface area contributed by atoms with Crippen LogP contribution in [0.15, 0.2) is 15.4 Å². The van der Waals surface area contributed by atoms with Crippen LogP contribution >= 0.6 is 0 Å². The van der Waals surface area contributed by atoms with E-state index in [0.29, 0.717) is 48.2 Å². The highest BCUT2D eigenvalue weighted by molar-refractivity contribution is 5.96. The van der Waals surface area contributed by atoms with Gasteiger partial charge in [0.05, 0.1) is 24.5 Å². The van der Waals surface area contributed by atoms with Crippen molar-refractivity contribution < 1.29 is 14.1 Å². The van der Waals surface area contributed by atoms with Crippen molar-refractivity contribution >= 4 is 5.91 Å². The standard InChI is InChI=1S/C17H22N4O4/c1-9(2)16-15(10(3)25-20-16)17(23)21-5-6-24-13(8-21)12-7-14(22)19-11(4)18-12/h7,9,13H,5-6,8H2,1-4H3,(H,18,19,22). The summed E-state index contributed by atoms with van der Waals surface area (Å²) in [6, 6.07) is 1.41. The average Bonchev–Trinajstić information content (AvgIpc) is 2.95. The lowest BCUT2D eigenvalue weighted by Crippen LogP contribution is -2.43. The SMILES string of the molecule is Cc1nc(C2CN(C(=O)c3c(C(C)C)noc3C)CCO2)cc(=O)[nH]1. The monoisotopic (exact) mass is 346 g/mol. The number of morpholine rings is 1. The second-order valence-electron chi connectivity index (χ2n) is 6.52. The Morgan fingerprint density at radius 2 is 2.16 bits per heavy atom. The number of aromatic nitrogens is 3. The summed E-state index contributed by atoms with van der Waals surface area (Å²) in [6.07, 6.45) is -0.429. The highest BCUT2D eigenvalue weighted by Crippen LogP contribution is 2.26. The second-order valence-corrected chi connectivity index (χ2v) is 6.52. The number of nitrogens with one attached hydrogen (secondary N) is 1. The van der Waals surface area contributed by atoms with Crippen molar-refractivity contribution in [2.45, 2.75) is 39.7 Å². The van der Waals surface area contributed by atoms with E-state index < -0.39 is 6.10 Å². The molecule has 2 aromatic heterocycles. The number of carbonyl (C=O) groups is 1. The molecule has 3 heterocycles. The molecule has 1 N–H and O–H groups in total. The van der Waals surface area contributed by atoms with E-state index in [0.717, 1.165) is 0 Å². The Balaban J connectivity index is 1.85. The molecule has 134 valence electrons. The Hall–Kier alpha value is -2.48. The fraction of sp³-hybridized carbons (Fsp3) is 0.529. The molecule has 0 radical (unpaired) electrons. The first-order valence-corrected chi connectivity index (χ1v) is 8.31. The Morgan fingerprint density at radius 1 is 1.40 bits per heavy atom. The molecule has 0 bridgehead atoms. The van der Waals surface area contributed by atoms with Crippen LogP contribution in [0.1, 0.15) is 59.2 Å². The maximum Gasteiger partial charge on any atom is 0.259 e. The number of rotatable bonds is 3. The summed E-state index contributed by atoms with van der Waals surface area (Å²) in [5, 5.41) is 4.02. The zero-order valence-electron chi connectivity index (χ0n) is 14.8. The zero-order valence-corrected chi connectivity index (χ0v) is 14.8. The Kier molecular flexibility index (Phi) is 4.71. The van der Waals surface area contributed by atoms with Crippen LogP contribution in [0.4, 0.5) is 0 Å². The predicted molar refractivity (Wildman–Crippen MR) is 89.5 cm³/mol. The molecule has 1 aliphatic heterocycles. The first kappa shape index (κ1) is 17.3. The Bertz CT molecular complexity index is 839. The van der Waals surface area contributed by atoms with Gasteiger partial charge in [0.1, 0.15) is 23.3 Å². The Labute approximate surface area is 145 Å². The van der Waals surface area contributed by atoms with Crippen molar-refractivity contribution in [2.75, 3.05) is 19.7 Å². The van der Waals surface area contributed by atoms with E-state index in [1.165, 1.54) is 6.07 Å². The van der Waals surface area contributed by atoms with Crippen molar-refractivity contribution in [1.82, 2.24) is 20.0 Å². The number of aromatic amines is 1. The summed E-state index contributed by atoms with van der Waals surface area (Å²) >= 11 is 0. The van der Waals surface area contributed by atoms with Crippen molar-refractivity contribution in [2.24, 2.45) is 0 Å². The summed E-state index contributed by atoms with van der Waals surface area (Å²) in [4.78, 5) is 33.3. The number of amides is 1. The molecule has 0 spiro atoms. The molecule has 0 saturated carbocycles. The van der Waals surface area contributed by atoms with E-state index in [2.05, 4.69) is 15.1 Å². The van der Waals surface area contributed by atoms with Gasteiger partial charge in [0.2, 0.25) is 0 Å². The van der Waals surface area contributed by atoms with E-state index >= 15 is 0 Å². The molecular weight excluding hydrogens is 324 g/mol. The fourth-order valence-corrected chi connectivity index (χ4v) is 2.98. The molecule has 0 aromatic carbocycles. The minimum absolute atomic E-state index is 0.0882. The van der Waals surface area contributed by atoms with Gasteiger partial charge in [0.15, 0.2) is 0 Å². The van der Waals surface area contributed by atoms with Crippen molar-refractivity contribution in [3.05, 3.63) is 45.0 Å². The van der Waals surface area contributed by atoms with E-state index in [9.17, 15) is 9.59 Å². The van der Waals surface area contributed by atoms with Gasteiger partial charge < -0.3 is 19.1 Å². The summed E-state index contributed by atoms with van der Waals surface area (Å²) in [5.41, 5.74) is 1.48. The number of hydrogen-bond acceptors (Lipinski definition) is 6. The molecule has 1 unspecified atom stereocenters. The summed E-state index contributed by atoms with van der Waals surface area (Å²) in [7, 11) is 0. The van der Waals surface area contributed by atoms with E-state index in [1.54, 1.807) is 18.7 Å². The lowest BCUT2D eigenvalue weighted by atomic mass is 10.0. The first-order chi connectivity index (χ1) is 11.9. The summed E-state index contributed by atoms with van der Waals surface area (Å²) in [6.45, 7) is 8.58. The van der Waals surface area contributed by atoms with Gasteiger partial charge in [-0.25, -0.2) is 4.98 Å². The number of nitrogens with zero attached hydrogens (tertiary/aromatic N) is 3. The smallest absolute Gasteiger partial charge is 0.259 e. The van der Waals surface area contributed by atoms with Crippen molar-refractivity contribution in [3.63, 3.8) is 0 Å². The largest absolute Gasteiger partial charge is 0.368 e. The normalized spacial score (nSPS) is 18.0. The Morgan fingerprint density at radius 3 is 2.84 bits per heavy atom. The van der Waals surface area contributed by atoms with Crippen molar-refractivity contribution in [3.8, 4) is 0 Å². The number of hydrogen-bond donors (Lipinski definition) is 1. The van der Waals surface area contributed by atoms with Gasteiger partial charge in [0, 0.05) is 12.6 Å². The highest BCUT2D eigenvalue weighted by Gasteiger charge is 2.31. The molecule has 3 rings (SSSR count). The van der Waals surface area contributed by atoms with E-state index in [4.69, 9.17) is 9.26 Å². The first-order valence-electron chi connectivity index (χ1n) is 8.31. The molecule has 1 amide bonds. The van der Waals surface area contributed by atoms with Gasteiger partial charge in [-0.1, -0.05) is 19.0 Å². The lowest BCUT2D eigenvalue weighted by Gasteiger charge is -2.32. The second kappa shape index (κ2) is 6.79. The molecule has 1 saturated heterocycles. The van der Waals surface area contributed by atoms with Crippen LogP contribution in [0.3, 0.4) is 0 Å². The predicted octanol–water partition coefficient (Wildman–Crippen LogP) is 1.71. The summed E-state index contributed by atoms with van der Waals surface area (Å²) < 4.78 is 11.0. The molecule has 1 fully saturated rings. The van der Waals surface area contributed by atoms with Crippen molar-refractivity contribution in [1.29, 1.82) is 0 Å². The maximum atomic E-state index is 13.0. The summed E-state index contributed by atoms with van der Waals surface area (Å²) in [5.74, 6) is 0.996. The van der Waals surface area contributed by atoms with Crippen LogP contribution in [0.25, 0.3) is 0 Å². The molecule has 1 aliphatic rings. The minimum Gasteiger partial charge on any atom is -0.368 e. The molecule has 0 aliphatic carbocycles. The maximum absolute atomic E-state index is 13.0. The third-order valence-electron chi connectivity index (χ3n) is 4.21. The zero-order chi connectivity index (χ0) is 18.1. The number of H-pyrrole nitrogens is 1. The number of carbonyl (C=O) groups excluding carboxylic acids is 1. The molecular formula is C17H22N4O4. The van der Waals surface area contributed by atoms with Crippen LogP contribution < -0.4 is 5.56 Å². The van der Waals surface area contributed by atoms with Crippen LogP contribution in [-0.2, 0) is 4.74 Å². The van der Waals surface area contributed by atoms with Gasteiger partial charge >= 0.3 is 0 Å². The number of ether oxygens (including phenoxy) is 1. The third-order valence-corrected chi connectivity index (χ3v) is 4.21. The molecule has 25 heavy (non-hydrogen) atoms. The number of aryl methyl sites for hydroxylation is 2. The van der Waals surface area contributed by atoms with Crippen LogP contribution in [0.2, 0.25) is 0 Å². The molecule has 1 atom stereocenters. The molecule has 2 aromatic rings. The van der Waals surface area contributed by atoms with Gasteiger partial charge in [-0.2, -0.15) is 0 Å². The van der Waals surface area contributed by atoms with Gasteiger partial charge in [0.25, 0.3) is 11.5 Å². The van der Waals surface area contributed by atoms with Gasteiger partial charge in [-0.3, -0.25) is 9.59 Å². The fourth-order valence-electron chi connectivity index (χ4n) is 2.98. The minimum atomic E-state index is -0.429. The van der Waals surface area contributed by atoms with Gasteiger partial charge in [-0.15, -0.1) is 0 Å². The quantitative estimate of drug-likeness (QED) is 0.908. The van der Waals surface area contributed by atoms with E-state index in [-0.39, 0.29) is 17.4 Å². The van der Waals surface area contributed by atoms with Crippen LogP contribution in [0, 0.1) is 13.8 Å². The average molecular weight is 346 g/mol.